The number of carbonyl (C=O) groups excluding carboxylic acids is 3. The van der Waals surface area contributed by atoms with Crippen LogP contribution in [0.2, 0.25) is 0 Å². The van der Waals surface area contributed by atoms with Crippen LogP contribution in [0.5, 0.6) is 0 Å². The molecule has 5 rings (SSSR count). The van der Waals surface area contributed by atoms with Crippen LogP contribution in [0.15, 0.2) is 60.7 Å². The van der Waals surface area contributed by atoms with Gasteiger partial charge in [0.2, 0.25) is 11.8 Å². The first kappa shape index (κ1) is 17.5. The van der Waals surface area contributed by atoms with Gasteiger partial charge in [0.05, 0.1) is 15.9 Å². The van der Waals surface area contributed by atoms with E-state index < -0.39 is 0 Å². The molecule has 0 spiro atoms. The molecule has 7 heteroatoms. The summed E-state index contributed by atoms with van der Waals surface area (Å²) < 4.78 is 1.03. The van der Waals surface area contributed by atoms with Crippen molar-refractivity contribution in [3.63, 3.8) is 0 Å². The lowest BCUT2D eigenvalue weighted by molar-refractivity contribution is -0.121. The van der Waals surface area contributed by atoms with Crippen molar-refractivity contribution in [2.45, 2.75) is 12.8 Å². The summed E-state index contributed by atoms with van der Waals surface area (Å²) in [6.45, 7) is 0. The standard InChI is InChI=1S/C22H15N3O3S/c26-18-11-12-19(27)25(18)15-8-5-14(6-9-15)21(28)24-22-23-17-10-7-13-3-1-2-4-16(13)20(17)29-22/h1-10H,11-12H2,(H,23,24,28). The fourth-order valence-corrected chi connectivity index (χ4v) is 4.50. The van der Waals surface area contributed by atoms with Crippen molar-refractivity contribution in [1.29, 1.82) is 0 Å². The number of carbonyl (C=O) groups is 3. The molecule has 1 aliphatic rings. The van der Waals surface area contributed by atoms with Crippen molar-refractivity contribution in [3.8, 4) is 0 Å². The maximum Gasteiger partial charge on any atom is 0.257 e. The van der Waals surface area contributed by atoms with E-state index in [0.717, 1.165) is 21.0 Å². The first-order valence-corrected chi connectivity index (χ1v) is 9.97. The van der Waals surface area contributed by atoms with Gasteiger partial charge in [0, 0.05) is 23.8 Å². The normalized spacial score (nSPS) is 14.1. The third kappa shape index (κ3) is 3.05. The Morgan fingerprint density at radius 3 is 2.41 bits per heavy atom. The van der Waals surface area contributed by atoms with Crippen LogP contribution in [0.25, 0.3) is 21.0 Å². The maximum absolute atomic E-state index is 12.6. The molecule has 142 valence electrons. The highest BCUT2D eigenvalue weighted by molar-refractivity contribution is 7.23. The van der Waals surface area contributed by atoms with Crippen LogP contribution >= 0.6 is 11.3 Å². The maximum atomic E-state index is 12.6. The molecular weight excluding hydrogens is 386 g/mol. The Kier molecular flexibility index (Phi) is 4.10. The van der Waals surface area contributed by atoms with E-state index in [1.807, 2.05) is 36.4 Å². The van der Waals surface area contributed by atoms with Gasteiger partial charge in [0.1, 0.15) is 0 Å². The number of aromatic nitrogens is 1. The molecule has 0 bridgehead atoms. The van der Waals surface area contributed by atoms with Crippen LogP contribution in [0.1, 0.15) is 23.2 Å². The number of anilines is 2. The van der Waals surface area contributed by atoms with Gasteiger partial charge in [-0.1, -0.05) is 41.7 Å². The van der Waals surface area contributed by atoms with E-state index in [4.69, 9.17) is 0 Å². The summed E-state index contributed by atoms with van der Waals surface area (Å²) in [6, 6.07) is 18.5. The zero-order valence-corrected chi connectivity index (χ0v) is 16.0. The quantitative estimate of drug-likeness (QED) is 0.518. The minimum absolute atomic E-state index is 0.214. The third-order valence-electron chi connectivity index (χ3n) is 4.94. The highest BCUT2D eigenvalue weighted by Crippen LogP contribution is 2.33. The van der Waals surface area contributed by atoms with E-state index in [-0.39, 0.29) is 30.6 Å². The molecule has 6 nitrogen and oxygen atoms in total. The van der Waals surface area contributed by atoms with Crippen molar-refractivity contribution < 1.29 is 14.4 Å². The number of hydrogen-bond acceptors (Lipinski definition) is 5. The molecule has 0 aliphatic carbocycles. The topological polar surface area (TPSA) is 79.4 Å². The van der Waals surface area contributed by atoms with Crippen LogP contribution < -0.4 is 10.2 Å². The van der Waals surface area contributed by atoms with Crippen LogP contribution in [0, 0.1) is 0 Å². The number of thiazole rings is 1. The van der Waals surface area contributed by atoms with Crippen LogP contribution in [-0.2, 0) is 9.59 Å². The molecule has 29 heavy (non-hydrogen) atoms. The lowest BCUT2D eigenvalue weighted by Gasteiger charge is -2.13. The van der Waals surface area contributed by atoms with Crippen LogP contribution in [-0.4, -0.2) is 22.7 Å². The highest BCUT2D eigenvalue weighted by Gasteiger charge is 2.30. The van der Waals surface area contributed by atoms with E-state index in [9.17, 15) is 14.4 Å². The van der Waals surface area contributed by atoms with Gasteiger partial charge < -0.3 is 0 Å². The molecule has 0 radical (unpaired) electrons. The van der Waals surface area contributed by atoms with Gasteiger partial charge in [-0.25, -0.2) is 4.98 Å². The summed E-state index contributed by atoms with van der Waals surface area (Å²) in [5, 5.41) is 5.60. The van der Waals surface area contributed by atoms with Gasteiger partial charge >= 0.3 is 0 Å². The second-order valence-corrected chi connectivity index (χ2v) is 7.78. The number of nitrogens with one attached hydrogen (secondary N) is 1. The molecule has 3 amide bonds. The molecular formula is C22H15N3O3S. The summed E-state index contributed by atoms with van der Waals surface area (Å²) in [7, 11) is 0. The number of rotatable bonds is 3. The zero-order chi connectivity index (χ0) is 20.0. The second kappa shape index (κ2) is 6.79. The SMILES string of the molecule is O=C(Nc1nc2ccc3ccccc3c2s1)c1ccc(N2C(=O)CCC2=O)cc1. The monoisotopic (exact) mass is 401 g/mol. The number of nitrogens with zero attached hydrogens (tertiary/aromatic N) is 2. The molecule has 1 aromatic heterocycles. The van der Waals surface area contributed by atoms with Crippen LogP contribution in [0.4, 0.5) is 10.8 Å². The van der Waals surface area contributed by atoms with Gasteiger partial charge in [0.15, 0.2) is 5.13 Å². The average molecular weight is 401 g/mol. The fourth-order valence-electron chi connectivity index (χ4n) is 3.50. The summed E-state index contributed by atoms with van der Waals surface area (Å²) in [5.74, 6) is -0.721. The van der Waals surface area contributed by atoms with Gasteiger partial charge in [-0.05, 0) is 35.7 Å². The van der Waals surface area contributed by atoms with Gasteiger partial charge in [-0.3, -0.25) is 24.6 Å². The summed E-state index contributed by atoms with van der Waals surface area (Å²) in [6.07, 6.45) is 0.459. The molecule has 3 aromatic carbocycles. The molecule has 1 aliphatic heterocycles. The number of fused-ring (bicyclic) bond motifs is 3. The fraction of sp³-hybridized carbons (Fsp3) is 0.0909. The van der Waals surface area contributed by atoms with Crippen molar-refractivity contribution >= 4 is 60.9 Å². The summed E-state index contributed by atoms with van der Waals surface area (Å²) in [5.41, 5.74) is 1.75. The van der Waals surface area contributed by atoms with E-state index in [1.165, 1.54) is 16.2 Å². The lowest BCUT2D eigenvalue weighted by atomic mass is 10.1. The van der Waals surface area contributed by atoms with Gasteiger partial charge in [-0.2, -0.15) is 0 Å². The molecule has 0 atom stereocenters. The minimum Gasteiger partial charge on any atom is -0.298 e. The van der Waals surface area contributed by atoms with Crippen molar-refractivity contribution in [2.24, 2.45) is 0 Å². The van der Waals surface area contributed by atoms with E-state index >= 15 is 0 Å². The predicted molar refractivity (Wildman–Crippen MR) is 113 cm³/mol. The Balaban J connectivity index is 1.39. The number of imide groups is 1. The van der Waals surface area contributed by atoms with E-state index in [2.05, 4.69) is 10.3 Å². The van der Waals surface area contributed by atoms with Crippen molar-refractivity contribution in [1.82, 2.24) is 4.98 Å². The smallest absolute Gasteiger partial charge is 0.257 e. The molecule has 0 saturated carbocycles. The lowest BCUT2D eigenvalue weighted by Crippen LogP contribution is -2.28. The first-order valence-electron chi connectivity index (χ1n) is 9.16. The van der Waals surface area contributed by atoms with Crippen molar-refractivity contribution in [3.05, 3.63) is 66.2 Å². The molecule has 1 saturated heterocycles. The van der Waals surface area contributed by atoms with Gasteiger partial charge in [0.25, 0.3) is 5.91 Å². The minimum atomic E-state index is -0.293. The highest BCUT2D eigenvalue weighted by atomic mass is 32.1. The summed E-state index contributed by atoms with van der Waals surface area (Å²) >= 11 is 1.43. The van der Waals surface area contributed by atoms with Crippen molar-refractivity contribution in [2.75, 3.05) is 10.2 Å². The molecule has 2 heterocycles. The molecule has 1 fully saturated rings. The number of hydrogen-bond donors (Lipinski definition) is 1. The van der Waals surface area contributed by atoms with E-state index in [0.29, 0.717) is 16.4 Å². The van der Waals surface area contributed by atoms with Gasteiger partial charge in [-0.15, -0.1) is 0 Å². The average Bonchev–Trinajstić information content (AvgIpc) is 3.30. The molecule has 1 N–H and O–H groups in total. The van der Waals surface area contributed by atoms with Crippen LogP contribution in [0.3, 0.4) is 0 Å². The Bertz CT molecular complexity index is 1280. The molecule has 0 unspecified atom stereocenters. The molecule has 4 aromatic rings. The Morgan fingerprint density at radius 2 is 1.66 bits per heavy atom. The largest absolute Gasteiger partial charge is 0.298 e. The Hall–Kier alpha value is -3.58. The Morgan fingerprint density at radius 1 is 0.931 bits per heavy atom. The summed E-state index contributed by atoms with van der Waals surface area (Å²) in [4.78, 5) is 42.0. The third-order valence-corrected chi connectivity index (χ3v) is 5.96. The Labute approximate surface area is 169 Å². The predicted octanol–water partition coefficient (Wildman–Crippen LogP) is 4.36. The second-order valence-electron chi connectivity index (χ2n) is 6.78. The number of amides is 3. The van der Waals surface area contributed by atoms with E-state index in [1.54, 1.807) is 24.3 Å². The first-order chi connectivity index (χ1) is 14.1. The number of benzene rings is 3. The zero-order valence-electron chi connectivity index (χ0n) is 15.2.